The van der Waals surface area contributed by atoms with Crippen molar-refractivity contribution in [3.63, 3.8) is 0 Å². The van der Waals surface area contributed by atoms with Gasteiger partial charge in [0.2, 0.25) is 0 Å². The van der Waals surface area contributed by atoms with Crippen molar-refractivity contribution in [1.82, 2.24) is 14.8 Å². The maximum absolute atomic E-state index is 13.0. The van der Waals surface area contributed by atoms with E-state index in [9.17, 15) is 18.0 Å². The van der Waals surface area contributed by atoms with Crippen LogP contribution < -0.4 is 9.46 Å². The van der Waals surface area contributed by atoms with E-state index in [0.29, 0.717) is 59.1 Å². The highest BCUT2D eigenvalue weighted by Gasteiger charge is 2.26. The highest BCUT2D eigenvalue weighted by Crippen LogP contribution is 2.24. The summed E-state index contributed by atoms with van der Waals surface area (Å²) in [5, 5.41) is 1.18. The monoisotopic (exact) mass is 550 g/mol. The number of para-hydroxylation sites is 1. The Morgan fingerprint density at radius 2 is 1.55 bits per heavy atom. The number of nitrogens with zero attached hydrogens (tertiary/aromatic N) is 3. The van der Waals surface area contributed by atoms with Crippen LogP contribution in [0.2, 0.25) is 5.02 Å². The maximum atomic E-state index is 13.0. The first-order valence-corrected chi connectivity index (χ1v) is 13.6. The van der Waals surface area contributed by atoms with E-state index in [4.69, 9.17) is 16.3 Å². The van der Waals surface area contributed by atoms with E-state index in [-0.39, 0.29) is 10.8 Å². The Morgan fingerprint density at radius 1 is 0.868 bits per heavy atom. The number of carbonyl (C=O) groups is 2. The van der Waals surface area contributed by atoms with Crippen molar-refractivity contribution in [2.45, 2.75) is 4.90 Å². The molecular weight excluding hydrogens is 528 g/mol. The maximum Gasteiger partial charge on any atom is 0.415 e. The van der Waals surface area contributed by atoms with Crippen LogP contribution in [-0.4, -0.2) is 61.4 Å². The zero-order valence-corrected chi connectivity index (χ0v) is 21.7. The molecule has 9 nitrogen and oxygen atoms in total. The molecule has 0 aliphatic carbocycles. The second-order valence-corrected chi connectivity index (χ2v) is 10.7. The average molecular weight is 551 g/mol. The molecule has 0 atom stereocenters. The molecule has 38 heavy (non-hydrogen) atoms. The van der Waals surface area contributed by atoms with Gasteiger partial charge in [-0.2, -0.15) is 0 Å². The van der Waals surface area contributed by atoms with Crippen LogP contribution in [0.15, 0.2) is 90.0 Å². The molecule has 11 heteroatoms. The van der Waals surface area contributed by atoms with Crippen LogP contribution in [0.1, 0.15) is 10.4 Å². The van der Waals surface area contributed by atoms with E-state index in [1.165, 1.54) is 11.0 Å². The summed E-state index contributed by atoms with van der Waals surface area (Å²) in [6.45, 7) is 1.32. The molecule has 0 unspecified atom stereocenters. The first-order valence-electron chi connectivity index (χ1n) is 11.8. The summed E-state index contributed by atoms with van der Waals surface area (Å²) in [6, 6.07) is 21.3. The number of rotatable bonds is 5. The number of nitrogens with one attached hydrogen (secondary N) is 1. The molecule has 0 spiro atoms. The Kier molecular flexibility index (Phi) is 7.17. The number of anilines is 1. The fraction of sp³-hybridized carbons (Fsp3) is 0.148. The molecule has 0 radical (unpaired) electrons. The van der Waals surface area contributed by atoms with Crippen molar-refractivity contribution in [3.8, 4) is 5.75 Å². The van der Waals surface area contributed by atoms with Gasteiger partial charge >= 0.3 is 6.09 Å². The third-order valence-corrected chi connectivity index (χ3v) is 7.74. The highest BCUT2D eigenvalue weighted by molar-refractivity contribution is 7.93. The second kappa shape index (κ2) is 10.7. The summed E-state index contributed by atoms with van der Waals surface area (Å²) < 4.78 is 34.0. The number of hydrogen-bond donors (Lipinski definition) is 1. The van der Waals surface area contributed by atoms with Gasteiger partial charge in [-0.1, -0.05) is 35.9 Å². The van der Waals surface area contributed by atoms with Crippen molar-refractivity contribution in [2.75, 3.05) is 30.9 Å². The van der Waals surface area contributed by atoms with Crippen molar-refractivity contribution < 1.29 is 22.7 Å². The molecule has 3 aromatic carbocycles. The van der Waals surface area contributed by atoms with Gasteiger partial charge in [0, 0.05) is 54.0 Å². The number of carbonyl (C=O) groups excluding carboxylic acids is 2. The van der Waals surface area contributed by atoms with Crippen LogP contribution in [0.4, 0.5) is 10.5 Å². The lowest BCUT2D eigenvalue weighted by Gasteiger charge is -2.34. The zero-order chi connectivity index (χ0) is 26.7. The minimum Gasteiger partial charge on any atom is -0.410 e. The van der Waals surface area contributed by atoms with Crippen molar-refractivity contribution in [1.29, 1.82) is 0 Å². The van der Waals surface area contributed by atoms with Crippen molar-refractivity contribution in [3.05, 3.63) is 95.6 Å². The molecule has 194 valence electrons. The molecular formula is C27H23ClN4O5S. The van der Waals surface area contributed by atoms with E-state index in [2.05, 4.69) is 9.71 Å². The molecule has 2 heterocycles. The Bertz CT molecular complexity index is 1600. The molecule has 1 aliphatic rings. The van der Waals surface area contributed by atoms with Crippen LogP contribution in [0.3, 0.4) is 0 Å². The van der Waals surface area contributed by atoms with Gasteiger partial charge in [0.05, 0.1) is 5.52 Å². The first-order chi connectivity index (χ1) is 18.3. The topological polar surface area (TPSA) is 109 Å². The van der Waals surface area contributed by atoms with Gasteiger partial charge in [0.25, 0.3) is 15.9 Å². The third-order valence-electron chi connectivity index (χ3n) is 6.10. The van der Waals surface area contributed by atoms with E-state index >= 15 is 0 Å². The molecule has 2 amide bonds. The van der Waals surface area contributed by atoms with Crippen molar-refractivity contribution >= 4 is 50.2 Å². The highest BCUT2D eigenvalue weighted by atomic mass is 35.5. The summed E-state index contributed by atoms with van der Waals surface area (Å²) in [5.74, 6) is 0.147. The van der Waals surface area contributed by atoms with E-state index in [1.54, 1.807) is 83.9 Å². The van der Waals surface area contributed by atoms with E-state index < -0.39 is 16.1 Å². The number of sulfonamides is 1. The molecule has 1 aromatic heterocycles. The fourth-order valence-corrected chi connectivity index (χ4v) is 5.57. The third kappa shape index (κ3) is 5.56. The molecule has 0 bridgehead atoms. The Morgan fingerprint density at radius 3 is 2.29 bits per heavy atom. The standard InChI is InChI=1S/C27H23ClN4O5S/c28-21-6-2-7-23(18-21)37-27(34)32-16-14-31(15-17-32)26(33)20-9-11-22(12-10-20)30-38(35,36)24-8-1-4-19-5-3-13-29-25(19)24/h1-13,18,30H,14-17H2. The summed E-state index contributed by atoms with van der Waals surface area (Å²) in [5.41, 5.74) is 1.11. The van der Waals surface area contributed by atoms with Crippen LogP contribution >= 0.6 is 11.6 Å². The lowest BCUT2D eigenvalue weighted by molar-refractivity contribution is 0.0633. The van der Waals surface area contributed by atoms with Gasteiger partial charge in [0.1, 0.15) is 10.6 Å². The number of piperazine rings is 1. The fourth-order valence-electron chi connectivity index (χ4n) is 4.15. The molecule has 0 saturated carbocycles. The van der Waals surface area contributed by atoms with Gasteiger partial charge in [-0.05, 0) is 54.6 Å². The molecule has 1 aliphatic heterocycles. The predicted molar refractivity (Wildman–Crippen MR) is 144 cm³/mol. The number of ether oxygens (including phenoxy) is 1. The minimum absolute atomic E-state index is 0.0718. The second-order valence-electron chi connectivity index (χ2n) is 8.62. The van der Waals surface area contributed by atoms with Crippen LogP contribution in [-0.2, 0) is 10.0 Å². The summed E-state index contributed by atoms with van der Waals surface area (Å²) in [6.07, 6.45) is 1.04. The SMILES string of the molecule is O=C(Oc1cccc(Cl)c1)N1CCN(C(=O)c2ccc(NS(=O)(=O)c3cccc4cccnc34)cc2)CC1. The predicted octanol–water partition coefficient (Wildman–Crippen LogP) is 4.65. The van der Waals surface area contributed by atoms with Crippen LogP contribution in [0.5, 0.6) is 5.75 Å². The molecule has 4 aromatic rings. The first kappa shape index (κ1) is 25.5. The van der Waals surface area contributed by atoms with Crippen LogP contribution in [0.25, 0.3) is 10.9 Å². The number of amides is 2. The lowest BCUT2D eigenvalue weighted by atomic mass is 10.1. The number of halogens is 1. The van der Waals surface area contributed by atoms with E-state index in [0.717, 1.165) is 0 Å². The molecule has 1 saturated heterocycles. The van der Waals surface area contributed by atoms with Gasteiger partial charge in [-0.25, -0.2) is 13.2 Å². The number of pyridine rings is 1. The largest absolute Gasteiger partial charge is 0.415 e. The summed E-state index contributed by atoms with van der Waals surface area (Å²) in [7, 11) is -3.90. The van der Waals surface area contributed by atoms with Gasteiger partial charge < -0.3 is 14.5 Å². The van der Waals surface area contributed by atoms with Crippen molar-refractivity contribution in [2.24, 2.45) is 0 Å². The summed E-state index contributed by atoms with van der Waals surface area (Å²) in [4.78, 5) is 32.9. The number of benzene rings is 3. The van der Waals surface area contributed by atoms with Gasteiger partial charge in [-0.3, -0.25) is 14.5 Å². The van der Waals surface area contributed by atoms with Gasteiger partial charge in [-0.15, -0.1) is 0 Å². The Labute approximate surface area is 224 Å². The normalized spacial score (nSPS) is 13.8. The van der Waals surface area contributed by atoms with Crippen LogP contribution in [0, 0.1) is 0 Å². The number of aromatic nitrogens is 1. The quantitative estimate of drug-likeness (QED) is 0.387. The average Bonchev–Trinajstić information content (AvgIpc) is 2.92. The number of fused-ring (bicyclic) bond motifs is 1. The number of hydrogen-bond acceptors (Lipinski definition) is 6. The van der Waals surface area contributed by atoms with Gasteiger partial charge in [0.15, 0.2) is 0 Å². The zero-order valence-electron chi connectivity index (χ0n) is 20.1. The minimum atomic E-state index is -3.90. The smallest absolute Gasteiger partial charge is 0.410 e. The Balaban J connectivity index is 1.20. The summed E-state index contributed by atoms with van der Waals surface area (Å²) >= 11 is 5.93. The van der Waals surface area contributed by atoms with E-state index in [1.807, 2.05) is 0 Å². The molecule has 5 rings (SSSR count). The lowest BCUT2D eigenvalue weighted by Crippen LogP contribution is -2.51. The molecule has 1 fully saturated rings. The Hall–Kier alpha value is -4.15. The molecule has 1 N–H and O–H groups in total.